The molecule has 3 nitrogen and oxygen atoms in total. The summed E-state index contributed by atoms with van der Waals surface area (Å²) in [5, 5.41) is 9.31. The lowest BCUT2D eigenvalue weighted by Gasteiger charge is -2.13. The van der Waals surface area contributed by atoms with Crippen LogP contribution >= 0.6 is 11.3 Å². The van der Waals surface area contributed by atoms with E-state index in [1.807, 2.05) is 29.1 Å². The molecule has 0 aliphatic heterocycles. The van der Waals surface area contributed by atoms with Gasteiger partial charge < -0.3 is 9.67 Å². The minimum Gasteiger partial charge on any atom is -0.477 e. The van der Waals surface area contributed by atoms with Crippen LogP contribution in [0.25, 0.3) is 5.69 Å². The van der Waals surface area contributed by atoms with Gasteiger partial charge in [0.2, 0.25) is 0 Å². The molecule has 0 unspecified atom stereocenters. The Morgan fingerprint density at radius 1 is 1.24 bits per heavy atom. The highest BCUT2D eigenvalue weighted by Crippen LogP contribution is 2.36. The summed E-state index contributed by atoms with van der Waals surface area (Å²) >= 11 is 1.45. The number of carbonyl (C=O) groups is 1. The maximum Gasteiger partial charge on any atom is 0.348 e. The monoisotopic (exact) mass is 247 g/mol. The molecule has 0 fully saturated rings. The molecule has 0 radical (unpaired) electrons. The molecule has 0 saturated heterocycles. The summed E-state index contributed by atoms with van der Waals surface area (Å²) in [7, 11) is 0. The first-order chi connectivity index (χ1) is 8.27. The zero-order chi connectivity index (χ0) is 11.8. The van der Waals surface area contributed by atoms with Crippen LogP contribution in [0.1, 0.15) is 33.0 Å². The van der Waals surface area contributed by atoms with Crippen LogP contribution in [0, 0.1) is 0 Å². The molecule has 17 heavy (non-hydrogen) atoms. The summed E-state index contributed by atoms with van der Waals surface area (Å²) in [5.41, 5.74) is 2.14. The van der Waals surface area contributed by atoms with E-state index < -0.39 is 5.97 Å². The summed E-state index contributed by atoms with van der Waals surface area (Å²) in [6.45, 7) is 0. The van der Waals surface area contributed by atoms with Gasteiger partial charge in [0, 0.05) is 17.3 Å². The minimum atomic E-state index is -0.812. The van der Waals surface area contributed by atoms with Crippen molar-refractivity contribution in [2.75, 3.05) is 0 Å². The van der Waals surface area contributed by atoms with Crippen molar-refractivity contribution in [3.8, 4) is 5.69 Å². The van der Waals surface area contributed by atoms with Crippen LogP contribution in [0.3, 0.4) is 0 Å². The van der Waals surface area contributed by atoms with E-state index in [-0.39, 0.29) is 0 Å². The van der Waals surface area contributed by atoms with Gasteiger partial charge in [-0.15, -0.1) is 11.3 Å². The molecular weight excluding hydrogens is 234 g/mol. The van der Waals surface area contributed by atoms with Gasteiger partial charge in [-0.1, -0.05) is 0 Å². The SMILES string of the molecule is O=C(O)c1sc2c(c1-n1cccc1)CCCC2. The van der Waals surface area contributed by atoms with Crippen molar-refractivity contribution in [3.05, 3.63) is 39.8 Å². The molecule has 1 aliphatic rings. The highest BCUT2D eigenvalue weighted by molar-refractivity contribution is 7.14. The van der Waals surface area contributed by atoms with Crippen LogP contribution in [0.15, 0.2) is 24.5 Å². The number of hydrogen-bond donors (Lipinski definition) is 1. The molecule has 0 saturated carbocycles. The second kappa shape index (κ2) is 4.04. The van der Waals surface area contributed by atoms with Gasteiger partial charge in [0.05, 0.1) is 5.69 Å². The average Bonchev–Trinajstić information content (AvgIpc) is 2.94. The number of nitrogens with zero attached hydrogens (tertiary/aromatic N) is 1. The first kappa shape index (κ1) is 10.6. The highest BCUT2D eigenvalue weighted by Gasteiger charge is 2.24. The Morgan fingerprint density at radius 2 is 1.94 bits per heavy atom. The third-order valence-electron chi connectivity index (χ3n) is 3.20. The van der Waals surface area contributed by atoms with Crippen LogP contribution < -0.4 is 0 Å². The van der Waals surface area contributed by atoms with E-state index in [9.17, 15) is 9.90 Å². The van der Waals surface area contributed by atoms with Crippen molar-refractivity contribution in [2.45, 2.75) is 25.7 Å². The predicted octanol–water partition coefficient (Wildman–Crippen LogP) is 3.12. The van der Waals surface area contributed by atoms with Crippen molar-refractivity contribution in [3.63, 3.8) is 0 Å². The molecule has 1 N–H and O–H groups in total. The molecule has 2 aromatic heterocycles. The third kappa shape index (κ3) is 1.69. The van der Waals surface area contributed by atoms with E-state index in [1.165, 1.54) is 28.2 Å². The van der Waals surface area contributed by atoms with Gasteiger partial charge in [-0.05, 0) is 43.4 Å². The lowest BCUT2D eigenvalue weighted by Crippen LogP contribution is -2.05. The first-order valence-electron chi connectivity index (χ1n) is 5.78. The van der Waals surface area contributed by atoms with Gasteiger partial charge in [-0.3, -0.25) is 0 Å². The fourth-order valence-electron chi connectivity index (χ4n) is 2.45. The van der Waals surface area contributed by atoms with Crippen LogP contribution in [0.5, 0.6) is 0 Å². The first-order valence-corrected chi connectivity index (χ1v) is 6.60. The molecule has 1 aliphatic carbocycles. The van der Waals surface area contributed by atoms with E-state index in [1.54, 1.807) is 0 Å². The van der Waals surface area contributed by atoms with Gasteiger partial charge in [0.15, 0.2) is 0 Å². The molecule has 0 bridgehead atoms. The summed E-state index contributed by atoms with van der Waals surface area (Å²) < 4.78 is 1.93. The molecule has 4 heteroatoms. The number of aromatic carboxylic acids is 1. The number of carboxylic acids is 1. The number of fused-ring (bicyclic) bond motifs is 1. The number of rotatable bonds is 2. The van der Waals surface area contributed by atoms with E-state index in [0.29, 0.717) is 4.88 Å². The van der Waals surface area contributed by atoms with Gasteiger partial charge >= 0.3 is 5.97 Å². The summed E-state index contributed by atoms with van der Waals surface area (Å²) in [6, 6.07) is 3.86. The molecule has 0 amide bonds. The molecule has 3 rings (SSSR count). The van der Waals surface area contributed by atoms with Crippen molar-refractivity contribution in [1.82, 2.24) is 4.57 Å². The average molecular weight is 247 g/mol. The Labute approximate surface area is 103 Å². The van der Waals surface area contributed by atoms with E-state index in [4.69, 9.17) is 0 Å². The molecule has 0 aromatic carbocycles. The Hall–Kier alpha value is -1.55. The Kier molecular flexibility index (Phi) is 2.52. The fourth-order valence-corrected chi connectivity index (χ4v) is 3.68. The van der Waals surface area contributed by atoms with Crippen LogP contribution in [-0.4, -0.2) is 15.6 Å². The number of thiophene rings is 1. The second-order valence-corrected chi connectivity index (χ2v) is 5.39. The Balaban J connectivity index is 2.23. The van der Waals surface area contributed by atoms with Crippen LogP contribution in [0.4, 0.5) is 0 Å². The molecule has 0 spiro atoms. The molecule has 2 aromatic rings. The normalized spacial score (nSPS) is 14.6. The summed E-state index contributed by atoms with van der Waals surface area (Å²) in [6.07, 6.45) is 8.22. The zero-order valence-electron chi connectivity index (χ0n) is 9.35. The van der Waals surface area contributed by atoms with Gasteiger partial charge in [0.25, 0.3) is 0 Å². The van der Waals surface area contributed by atoms with E-state index >= 15 is 0 Å². The largest absolute Gasteiger partial charge is 0.477 e. The number of hydrogen-bond acceptors (Lipinski definition) is 2. The van der Waals surface area contributed by atoms with Gasteiger partial charge in [0.1, 0.15) is 4.88 Å². The van der Waals surface area contributed by atoms with Crippen LogP contribution in [0.2, 0.25) is 0 Å². The number of aromatic nitrogens is 1. The van der Waals surface area contributed by atoms with E-state index in [0.717, 1.165) is 24.9 Å². The fraction of sp³-hybridized carbons (Fsp3) is 0.308. The molecular formula is C13H13NO2S. The third-order valence-corrected chi connectivity index (χ3v) is 4.47. The molecule has 0 atom stereocenters. The standard InChI is InChI=1S/C13H13NO2S/c15-13(16)12-11(14-7-3-4-8-14)9-5-1-2-6-10(9)17-12/h3-4,7-8H,1-2,5-6H2,(H,15,16). The molecule has 2 heterocycles. The second-order valence-electron chi connectivity index (χ2n) is 4.28. The molecule has 88 valence electrons. The van der Waals surface area contributed by atoms with E-state index in [2.05, 4.69) is 0 Å². The van der Waals surface area contributed by atoms with Crippen LogP contribution in [-0.2, 0) is 12.8 Å². The predicted molar refractivity (Wildman–Crippen MR) is 67.2 cm³/mol. The maximum atomic E-state index is 11.3. The lowest BCUT2D eigenvalue weighted by molar-refractivity contribution is 0.0702. The minimum absolute atomic E-state index is 0.480. The zero-order valence-corrected chi connectivity index (χ0v) is 10.2. The van der Waals surface area contributed by atoms with Crippen molar-refractivity contribution >= 4 is 17.3 Å². The number of carboxylic acid groups (broad SMARTS) is 1. The quantitative estimate of drug-likeness (QED) is 0.886. The smallest absolute Gasteiger partial charge is 0.348 e. The summed E-state index contributed by atoms with van der Waals surface area (Å²) in [5.74, 6) is -0.812. The Bertz CT molecular complexity index is 554. The topological polar surface area (TPSA) is 42.2 Å². The van der Waals surface area contributed by atoms with Crippen molar-refractivity contribution < 1.29 is 9.90 Å². The van der Waals surface area contributed by atoms with Crippen molar-refractivity contribution in [1.29, 1.82) is 0 Å². The number of aryl methyl sites for hydroxylation is 1. The maximum absolute atomic E-state index is 11.3. The van der Waals surface area contributed by atoms with Gasteiger partial charge in [-0.25, -0.2) is 4.79 Å². The highest BCUT2D eigenvalue weighted by atomic mass is 32.1. The Morgan fingerprint density at radius 3 is 2.65 bits per heavy atom. The van der Waals surface area contributed by atoms with Crippen molar-refractivity contribution in [2.24, 2.45) is 0 Å². The van der Waals surface area contributed by atoms with Gasteiger partial charge in [-0.2, -0.15) is 0 Å². The summed E-state index contributed by atoms with van der Waals surface area (Å²) in [4.78, 5) is 13.1. The lowest BCUT2D eigenvalue weighted by atomic mass is 9.97.